The molecule has 0 spiro atoms. The number of nitrogen functional groups attached to an aromatic ring is 1. The third kappa shape index (κ3) is 1.99. The van der Waals surface area contributed by atoms with Crippen LogP contribution in [0.2, 0.25) is 0 Å². The minimum Gasteiger partial charge on any atom is -0.336 e. The Bertz CT molecular complexity index is 393. The molecule has 1 aromatic heterocycles. The molecule has 2 rings (SSSR count). The summed E-state index contributed by atoms with van der Waals surface area (Å²) in [6.45, 7) is 2.92. The average Bonchev–Trinajstić information content (AvgIpc) is 2.74. The monoisotopic (exact) mass is 220 g/mol. The zero-order valence-corrected chi connectivity index (χ0v) is 9.31. The maximum atomic E-state index is 12.2. The van der Waals surface area contributed by atoms with Gasteiger partial charge in [-0.25, -0.2) is 10.8 Å². The van der Waals surface area contributed by atoms with Gasteiger partial charge in [0.25, 0.3) is 5.91 Å². The number of nitrogens with one attached hydrogen (secondary N) is 1. The second-order valence-corrected chi connectivity index (χ2v) is 4.06. The van der Waals surface area contributed by atoms with Crippen LogP contribution in [0.1, 0.15) is 30.1 Å². The molecule has 16 heavy (non-hydrogen) atoms. The normalized spacial score (nSPS) is 19.9. The molecule has 1 fully saturated rings. The summed E-state index contributed by atoms with van der Waals surface area (Å²) >= 11 is 0. The summed E-state index contributed by atoms with van der Waals surface area (Å²) in [7, 11) is 0. The maximum Gasteiger partial charge on any atom is 0.254 e. The van der Waals surface area contributed by atoms with Gasteiger partial charge in [-0.05, 0) is 31.9 Å². The van der Waals surface area contributed by atoms with Gasteiger partial charge in [-0.15, -0.1) is 0 Å². The summed E-state index contributed by atoms with van der Waals surface area (Å²) in [6.07, 6.45) is 3.75. The van der Waals surface area contributed by atoms with Crippen LogP contribution in [0.25, 0.3) is 0 Å². The molecule has 0 aliphatic carbocycles. The number of hydrazine groups is 1. The summed E-state index contributed by atoms with van der Waals surface area (Å²) in [5, 5.41) is 0. The van der Waals surface area contributed by atoms with Crippen molar-refractivity contribution in [3.63, 3.8) is 0 Å². The molecule has 0 saturated carbocycles. The first-order chi connectivity index (χ1) is 7.72. The van der Waals surface area contributed by atoms with E-state index >= 15 is 0 Å². The largest absolute Gasteiger partial charge is 0.336 e. The molecule has 1 atom stereocenters. The minimum absolute atomic E-state index is 0.0592. The lowest BCUT2D eigenvalue weighted by molar-refractivity contribution is 0.0747. The van der Waals surface area contributed by atoms with Crippen molar-refractivity contribution >= 4 is 11.7 Å². The summed E-state index contributed by atoms with van der Waals surface area (Å²) in [4.78, 5) is 18.0. The van der Waals surface area contributed by atoms with Gasteiger partial charge >= 0.3 is 0 Å². The Morgan fingerprint density at radius 2 is 2.50 bits per heavy atom. The molecule has 1 aliphatic heterocycles. The first-order valence-electron chi connectivity index (χ1n) is 5.46. The van der Waals surface area contributed by atoms with Crippen molar-refractivity contribution in [3.8, 4) is 0 Å². The zero-order valence-electron chi connectivity index (χ0n) is 9.31. The summed E-state index contributed by atoms with van der Waals surface area (Å²) in [5.41, 5.74) is 3.08. The molecule has 1 aromatic rings. The molecule has 86 valence electrons. The fourth-order valence-electron chi connectivity index (χ4n) is 2.04. The lowest BCUT2D eigenvalue weighted by Gasteiger charge is -2.21. The Kier molecular flexibility index (Phi) is 3.05. The molecule has 2 heterocycles. The number of hydrogen-bond acceptors (Lipinski definition) is 4. The number of aromatic nitrogens is 1. The number of amides is 1. The van der Waals surface area contributed by atoms with Gasteiger partial charge in [-0.3, -0.25) is 4.79 Å². The molecule has 1 aliphatic rings. The third-order valence-corrected chi connectivity index (χ3v) is 2.97. The summed E-state index contributed by atoms with van der Waals surface area (Å²) in [6, 6.07) is 3.72. The van der Waals surface area contributed by atoms with E-state index in [-0.39, 0.29) is 5.91 Å². The van der Waals surface area contributed by atoms with E-state index in [0.29, 0.717) is 17.4 Å². The van der Waals surface area contributed by atoms with E-state index in [1.807, 2.05) is 4.90 Å². The quantitative estimate of drug-likeness (QED) is 0.576. The predicted octanol–water partition coefficient (Wildman–Crippen LogP) is 0.992. The van der Waals surface area contributed by atoms with E-state index in [1.165, 1.54) is 0 Å². The van der Waals surface area contributed by atoms with Gasteiger partial charge in [-0.2, -0.15) is 0 Å². The van der Waals surface area contributed by atoms with Crippen LogP contribution in [0.15, 0.2) is 18.3 Å². The van der Waals surface area contributed by atoms with Crippen LogP contribution in [0, 0.1) is 0 Å². The number of pyridine rings is 1. The van der Waals surface area contributed by atoms with Crippen molar-refractivity contribution in [1.82, 2.24) is 9.88 Å². The maximum absolute atomic E-state index is 12.2. The second-order valence-electron chi connectivity index (χ2n) is 4.06. The number of carbonyl (C=O) groups is 1. The summed E-state index contributed by atoms with van der Waals surface area (Å²) < 4.78 is 0. The Hall–Kier alpha value is -1.62. The van der Waals surface area contributed by atoms with E-state index in [2.05, 4.69) is 17.3 Å². The molecule has 0 aromatic carbocycles. The topological polar surface area (TPSA) is 71.2 Å². The van der Waals surface area contributed by atoms with Crippen molar-refractivity contribution in [2.75, 3.05) is 12.0 Å². The fourth-order valence-corrected chi connectivity index (χ4v) is 2.04. The molecule has 3 N–H and O–H groups in total. The van der Waals surface area contributed by atoms with E-state index in [4.69, 9.17) is 5.84 Å². The van der Waals surface area contributed by atoms with Gasteiger partial charge in [0.1, 0.15) is 5.82 Å². The molecule has 1 unspecified atom stereocenters. The highest BCUT2D eigenvalue weighted by Gasteiger charge is 2.25. The Morgan fingerprint density at radius 3 is 3.12 bits per heavy atom. The number of carbonyl (C=O) groups excluding carboxylic acids is 1. The number of anilines is 1. The fraction of sp³-hybridized carbons (Fsp3) is 0.455. The first kappa shape index (κ1) is 10.9. The van der Waals surface area contributed by atoms with Crippen molar-refractivity contribution in [2.45, 2.75) is 25.8 Å². The molecular weight excluding hydrogens is 204 g/mol. The van der Waals surface area contributed by atoms with E-state index in [0.717, 1.165) is 19.4 Å². The zero-order chi connectivity index (χ0) is 11.5. The minimum atomic E-state index is 0.0592. The molecule has 0 bridgehead atoms. The molecule has 5 heteroatoms. The van der Waals surface area contributed by atoms with Crippen molar-refractivity contribution < 1.29 is 4.79 Å². The van der Waals surface area contributed by atoms with Gasteiger partial charge < -0.3 is 10.3 Å². The van der Waals surface area contributed by atoms with Crippen LogP contribution in [0.5, 0.6) is 0 Å². The Morgan fingerprint density at radius 1 is 1.69 bits per heavy atom. The number of nitrogens with zero attached hydrogens (tertiary/aromatic N) is 2. The highest BCUT2D eigenvalue weighted by molar-refractivity contribution is 5.95. The highest BCUT2D eigenvalue weighted by atomic mass is 16.2. The van der Waals surface area contributed by atoms with Gasteiger partial charge in [0.2, 0.25) is 0 Å². The number of rotatable bonds is 2. The Labute approximate surface area is 94.6 Å². The summed E-state index contributed by atoms with van der Waals surface area (Å²) in [5.74, 6) is 5.83. The Balaban J connectivity index is 2.19. The molecule has 5 nitrogen and oxygen atoms in total. The van der Waals surface area contributed by atoms with Crippen molar-refractivity contribution in [3.05, 3.63) is 23.9 Å². The predicted molar refractivity (Wildman–Crippen MR) is 61.8 cm³/mol. The first-order valence-corrected chi connectivity index (χ1v) is 5.46. The van der Waals surface area contributed by atoms with Gasteiger partial charge in [0, 0.05) is 24.3 Å². The average molecular weight is 220 g/mol. The number of hydrogen-bond donors (Lipinski definition) is 2. The van der Waals surface area contributed by atoms with Crippen LogP contribution < -0.4 is 11.3 Å². The van der Waals surface area contributed by atoms with Crippen LogP contribution in [-0.4, -0.2) is 28.4 Å². The van der Waals surface area contributed by atoms with Gasteiger partial charge in [-0.1, -0.05) is 0 Å². The second kappa shape index (κ2) is 4.49. The van der Waals surface area contributed by atoms with Crippen LogP contribution in [-0.2, 0) is 0 Å². The van der Waals surface area contributed by atoms with Gasteiger partial charge in [0.15, 0.2) is 0 Å². The van der Waals surface area contributed by atoms with Crippen molar-refractivity contribution in [1.29, 1.82) is 0 Å². The number of likely N-dealkylation sites (tertiary alicyclic amines) is 1. The smallest absolute Gasteiger partial charge is 0.254 e. The van der Waals surface area contributed by atoms with Crippen molar-refractivity contribution in [2.24, 2.45) is 5.84 Å². The van der Waals surface area contributed by atoms with E-state index in [9.17, 15) is 4.79 Å². The molecule has 1 saturated heterocycles. The number of nitrogens with two attached hydrogens (primary N) is 1. The molecular formula is C11H16N4O. The van der Waals surface area contributed by atoms with Crippen LogP contribution >= 0.6 is 0 Å². The SMILES string of the molecule is CC1CCCN1C(=O)c1ccnc(NN)c1. The third-order valence-electron chi connectivity index (χ3n) is 2.97. The van der Waals surface area contributed by atoms with Crippen LogP contribution in [0.3, 0.4) is 0 Å². The lowest BCUT2D eigenvalue weighted by Crippen LogP contribution is -2.33. The van der Waals surface area contributed by atoms with E-state index in [1.54, 1.807) is 18.3 Å². The molecule has 0 radical (unpaired) electrons. The standard InChI is InChI=1S/C11H16N4O/c1-8-3-2-6-15(8)11(16)9-4-5-13-10(7-9)14-12/h4-5,7-8H,2-3,6,12H2,1H3,(H,13,14). The van der Waals surface area contributed by atoms with Crippen LogP contribution in [0.4, 0.5) is 5.82 Å². The highest BCUT2D eigenvalue weighted by Crippen LogP contribution is 2.19. The lowest BCUT2D eigenvalue weighted by atomic mass is 10.2. The van der Waals surface area contributed by atoms with E-state index < -0.39 is 0 Å². The van der Waals surface area contributed by atoms with Gasteiger partial charge in [0.05, 0.1) is 0 Å². The molecule has 1 amide bonds.